The molecule has 2 saturated carbocycles. The van der Waals surface area contributed by atoms with Gasteiger partial charge >= 0.3 is 61.8 Å². The van der Waals surface area contributed by atoms with E-state index >= 15 is 0 Å². The minimum absolute atomic E-state index is 0.0362. The van der Waals surface area contributed by atoms with Crippen molar-refractivity contribution in [1.29, 1.82) is 0 Å². The first-order chi connectivity index (χ1) is 60.6. The molecule has 0 amide bonds. The highest BCUT2D eigenvalue weighted by Crippen LogP contribution is 2.59. The fraction of sp³-hybridized carbons (Fsp3) is 1.00. The summed E-state index contributed by atoms with van der Waals surface area (Å²) in [5.74, 6) is -4.34. The third-order valence-corrected chi connectivity index (χ3v) is 35.1. The van der Waals surface area contributed by atoms with E-state index in [-0.39, 0.29) is 46.8 Å². The first kappa shape index (κ1) is 162. The summed E-state index contributed by atoms with van der Waals surface area (Å²) in [5.41, 5.74) is -6.42. The second-order valence-corrected chi connectivity index (χ2v) is 54.5. The highest BCUT2D eigenvalue weighted by molar-refractivity contribution is 4.99. The molecule has 142 heavy (non-hydrogen) atoms. The molecule has 30 heteroatoms. The van der Waals surface area contributed by atoms with E-state index in [0.717, 1.165) is 43.4 Å². The number of hydrogen-bond donors (Lipinski definition) is 0. The van der Waals surface area contributed by atoms with Crippen LogP contribution >= 0.6 is 0 Å². The van der Waals surface area contributed by atoms with Crippen molar-refractivity contribution in [3.05, 3.63) is 0 Å². The van der Waals surface area contributed by atoms with Gasteiger partial charge in [-0.1, -0.05) is 447 Å². The summed E-state index contributed by atoms with van der Waals surface area (Å²) in [6.07, 6.45) is -35.5. The molecule has 5 unspecified atom stereocenters. The fourth-order valence-corrected chi connectivity index (χ4v) is 12.5. The average molecular weight is 2130 g/mol. The van der Waals surface area contributed by atoms with Crippen LogP contribution in [0.1, 0.15) is 479 Å². The molecule has 0 heterocycles. The van der Waals surface area contributed by atoms with Crippen molar-refractivity contribution < 1.29 is 132 Å². The quantitative estimate of drug-likeness (QED) is 0.161. The normalized spacial score (nSPS) is 19.0. The number of rotatable bonds is 13. The topological polar surface area (TPSA) is 0 Å². The molecule has 0 nitrogen and oxygen atoms in total. The Labute approximate surface area is 850 Å². The van der Waals surface area contributed by atoms with Gasteiger partial charge in [0.2, 0.25) is 0 Å². The Morgan fingerprint density at radius 3 is 0.613 bits per heavy atom. The molecule has 2 aliphatic carbocycles. The van der Waals surface area contributed by atoms with Gasteiger partial charge in [-0.2, -0.15) is 132 Å². The second kappa shape index (κ2) is 60.0. The Kier molecular flexibility index (Phi) is 68.6. The van der Waals surface area contributed by atoms with Crippen LogP contribution in [0.2, 0.25) is 0 Å². The smallest absolute Gasteiger partial charge is 0.171 e. The Balaban J connectivity index is -0.000000146. The van der Waals surface area contributed by atoms with Crippen molar-refractivity contribution in [2.75, 3.05) is 0 Å². The van der Waals surface area contributed by atoms with Crippen LogP contribution in [0.3, 0.4) is 0 Å². The lowest BCUT2D eigenvalue weighted by Crippen LogP contribution is -2.51. The Bertz CT molecular complexity index is 2970. The molecule has 0 bridgehead atoms. The SMILES string of the molecule is CC(C)(C)C(C)(C)C(C)(C)C.CC(C)(C)C(C)(C)C(C)(C)C(F)(F)F.CC(C)(C)C(C)(C)C(F)(F)F.CC(C)(C)C(C)(C)C(F)(F)F.CC(C)C(C)(C)C(C)(C)C.CC(C)C(C)(C)C(C)C(F)(F)F.CC(C)[C@@H](C)C(C)(C)C.CC(C)[C@@H](C)C(C)C(F)(F)F.CC(C)[C@@H](C)C(C)C(F)(F)F.CC1CCC(C(F)(F)F)CC1.CCC(C)(C)CC(F)(F)F.CCC(C)[C@@H](C)C(F)(F)F.C[C@@H]1CCCC(C(F)(F)F)C1. The molecule has 2 rings (SSSR count). The predicted molar refractivity (Wildman–Crippen MR) is 542 cm³/mol. The molecule has 0 aromatic heterocycles. The third-order valence-electron chi connectivity index (χ3n) is 35.1. The number of halogens is 30. The van der Waals surface area contributed by atoms with E-state index in [2.05, 4.69) is 145 Å². The standard InChI is InChI=1S/C11H21F3.C11H24.C10H22.C9H17F3.C9H20.2C8H13F3.4C8H15F3.2C7H13F3/c1-8(2,3)9(4,5)10(6,7)11(12,13)14;1-9(2,3)11(7,8)10(4,5)6;1-8(2)10(6,7)9(3,4)5;1-6(2)8(4,5)7(3)9(10,11)12;1-7(2)8(3)9(4,5)6;1-6-2-4-7(5-3-6)8(9,10)11;1-6-3-2-4-7(5-6)8(9,10)11;2*1-6(2,3)7(4,5)8(9,10)11;2*1-5(2)6(3)7(4)8(9,10)11;1-4-6(2,3)5-7(8,9)10;1-4-5(2)6(3)7(8,9)10/h1-7H3;1-8H3;8H,1-7H3;6-7H,1-5H3;7-8H,1-6H3;2*6-7H,2-5H2,1H3;2*1-5H3;2*5-7H,1-4H3;4-5H2,1-3H3;5-6H,4H2,1-3H3/t;;;;8-;;6-,7?;;;2*6-,7?;;5?,6-/m....1.1..11.1/s1. The van der Waals surface area contributed by atoms with Gasteiger partial charge in [0.25, 0.3) is 0 Å². The van der Waals surface area contributed by atoms with Gasteiger partial charge in [-0.15, -0.1) is 0 Å². The zero-order chi connectivity index (χ0) is 119. The monoisotopic (exact) mass is 2130 g/mol. The molecule has 0 N–H and O–H groups in total. The zero-order valence-corrected chi connectivity index (χ0v) is 100. The van der Waals surface area contributed by atoms with E-state index in [9.17, 15) is 132 Å². The Hall–Kier alpha value is -2.10. The molecule has 0 radical (unpaired) electrons. The maximum atomic E-state index is 12.9. The first-order valence-corrected chi connectivity index (χ1v) is 51.3. The van der Waals surface area contributed by atoms with Crippen molar-refractivity contribution in [3.8, 4) is 0 Å². The maximum Gasteiger partial charge on any atom is 0.394 e. The van der Waals surface area contributed by atoms with E-state index in [4.69, 9.17) is 0 Å². The minimum Gasteiger partial charge on any atom is -0.171 e. The molecule has 0 aliphatic heterocycles. The molecular formula is C112H216F30. The highest BCUT2D eigenvalue weighted by atomic mass is 19.4. The Morgan fingerprint density at radius 1 is 0.254 bits per heavy atom. The summed E-state index contributed by atoms with van der Waals surface area (Å²) in [6.45, 7) is 109. The summed E-state index contributed by atoms with van der Waals surface area (Å²) in [4.78, 5) is 0. The highest BCUT2D eigenvalue weighted by Gasteiger charge is 2.61. The van der Waals surface area contributed by atoms with Crippen LogP contribution < -0.4 is 0 Å². The van der Waals surface area contributed by atoms with E-state index in [1.165, 1.54) is 69.2 Å². The fourth-order valence-electron chi connectivity index (χ4n) is 12.5. The van der Waals surface area contributed by atoms with Crippen LogP contribution in [0, 0.1) is 182 Å². The summed E-state index contributed by atoms with van der Waals surface area (Å²) in [7, 11) is 0. The summed E-state index contributed by atoms with van der Waals surface area (Å²) >= 11 is 0. The predicted octanol–water partition coefficient (Wildman–Crippen LogP) is 47.2. The van der Waals surface area contributed by atoms with Crippen molar-refractivity contribution in [2.45, 2.75) is 541 Å². The molecule has 2 fully saturated rings. The van der Waals surface area contributed by atoms with Crippen LogP contribution in [0.15, 0.2) is 0 Å². The van der Waals surface area contributed by atoms with Crippen LogP contribution in [0.4, 0.5) is 132 Å². The van der Waals surface area contributed by atoms with Gasteiger partial charge in [0.1, 0.15) is 0 Å². The van der Waals surface area contributed by atoms with Gasteiger partial charge in [0.05, 0.1) is 51.8 Å². The maximum absolute atomic E-state index is 12.9. The molecule has 10 atom stereocenters. The van der Waals surface area contributed by atoms with Crippen molar-refractivity contribution >= 4 is 0 Å². The Morgan fingerprint density at radius 2 is 0.521 bits per heavy atom. The van der Waals surface area contributed by atoms with Crippen LogP contribution in [-0.2, 0) is 0 Å². The van der Waals surface area contributed by atoms with E-state index in [1.54, 1.807) is 118 Å². The molecule has 0 aromatic rings. The lowest BCUT2D eigenvalue weighted by molar-refractivity contribution is -0.263. The van der Waals surface area contributed by atoms with Crippen LogP contribution in [0.5, 0.6) is 0 Å². The van der Waals surface area contributed by atoms with Crippen molar-refractivity contribution in [1.82, 2.24) is 0 Å². The van der Waals surface area contributed by atoms with Gasteiger partial charge in [0, 0.05) is 6.42 Å². The van der Waals surface area contributed by atoms with Crippen LogP contribution in [-0.4, -0.2) is 61.8 Å². The van der Waals surface area contributed by atoms with Gasteiger partial charge < -0.3 is 0 Å². The number of alkyl halides is 30. The van der Waals surface area contributed by atoms with E-state index in [1.807, 2.05) is 76.2 Å². The third kappa shape index (κ3) is 62.8. The van der Waals surface area contributed by atoms with Gasteiger partial charge in [0.15, 0.2) is 0 Å². The lowest BCUT2D eigenvalue weighted by Gasteiger charge is -2.51. The molecule has 2 aliphatic rings. The largest absolute Gasteiger partial charge is 0.394 e. The summed E-state index contributed by atoms with van der Waals surface area (Å²) in [5, 5.41) is 0. The van der Waals surface area contributed by atoms with Crippen LogP contribution in [0.25, 0.3) is 0 Å². The molecule has 0 aromatic carbocycles. The van der Waals surface area contributed by atoms with Gasteiger partial charge in [-0.05, 0) is 156 Å². The average Bonchev–Trinajstić information content (AvgIpc) is 0.746. The molecular weight excluding hydrogens is 1920 g/mol. The minimum atomic E-state index is -4.16. The zero-order valence-electron chi connectivity index (χ0n) is 100. The molecule has 874 valence electrons. The second-order valence-electron chi connectivity index (χ2n) is 54.5. The van der Waals surface area contributed by atoms with Gasteiger partial charge in [-0.3, -0.25) is 0 Å². The lowest BCUT2D eigenvalue weighted by atomic mass is 9.55. The van der Waals surface area contributed by atoms with E-state index < -0.39 is 147 Å². The summed E-state index contributed by atoms with van der Waals surface area (Å²) in [6, 6.07) is 0. The first-order valence-electron chi connectivity index (χ1n) is 51.3. The van der Waals surface area contributed by atoms with Gasteiger partial charge in [-0.25, -0.2) is 0 Å². The molecule has 0 saturated heterocycles. The van der Waals surface area contributed by atoms with Crippen molar-refractivity contribution in [3.63, 3.8) is 0 Å². The van der Waals surface area contributed by atoms with Crippen molar-refractivity contribution in [2.24, 2.45) is 182 Å². The summed E-state index contributed by atoms with van der Waals surface area (Å²) < 4.78 is 365. The van der Waals surface area contributed by atoms with E-state index in [0.29, 0.717) is 76.9 Å². The number of hydrogen-bond acceptors (Lipinski definition) is 0. The molecule has 0 spiro atoms.